The standard InChI is InChI=1S/C28H21P/c1-4-13-23(14-5-1)28-26-19-11-10-12-22(26)20-21-27(28)29(24-15-6-2-7-16-24)25-17-8-3-9-18-25/h1-21H. The van der Waals surface area contributed by atoms with Gasteiger partial charge < -0.3 is 0 Å². The maximum atomic E-state index is 2.34. The Bertz CT molecular complexity index is 1190. The molecule has 0 aliphatic carbocycles. The fourth-order valence-corrected chi connectivity index (χ4v) is 6.43. The van der Waals surface area contributed by atoms with Crippen molar-refractivity contribution in [3.63, 3.8) is 0 Å². The Balaban J connectivity index is 1.85. The maximum absolute atomic E-state index is 2.34. The fourth-order valence-electron chi connectivity index (χ4n) is 3.94. The molecule has 0 saturated heterocycles. The lowest BCUT2D eigenvalue weighted by molar-refractivity contribution is 1.67. The van der Waals surface area contributed by atoms with Crippen LogP contribution in [-0.4, -0.2) is 0 Å². The molecular formula is C28H21P. The van der Waals surface area contributed by atoms with Gasteiger partial charge in [0.2, 0.25) is 0 Å². The van der Waals surface area contributed by atoms with E-state index in [0.717, 1.165) is 0 Å². The highest BCUT2D eigenvalue weighted by molar-refractivity contribution is 7.80. The Labute approximate surface area is 173 Å². The summed E-state index contributed by atoms with van der Waals surface area (Å²) in [5.41, 5.74) is 2.63. The third-order valence-electron chi connectivity index (χ3n) is 5.24. The molecule has 0 N–H and O–H groups in total. The van der Waals surface area contributed by atoms with Crippen LogP contribution in [0, 0.1) is 0 Å². The van der Waals surface area contributed by atoms with E-state index in [1.54, 1.807) is 0 Å². The number of fused-ring (bicyclic) bond motifs is 1. The molecular weight excluding hydrogens is 367 g/mol. The van der Waals surface area contributed by atoms with Crippen molar-refractivity contribution in [1.82, 2.24) is 0 Å². The topological polar surface area (TPSA) is 0 Å². The van der Waals surface area contributed by atoms with Crippen LogP contribution in [0.3, 0.4) is 0 Å². The largest absolute Gasteiger partial charge is 0.0622 e. The third kappa shape index (κ3) is 3.48. The zero-order chi connectivity index (χ0) is 19.5. The summed E-state index contributed by atoms with van der Waals surface area (Å²) in [7, 11) is -0.664. The summed E-state index contributed by atoms with van der Waals surface area (Å²) in [5.74, 6) is 0. The molecule has 0 aromatic heterocycles. The monoisotopic (exact) mass is 388 g/mol. The van der Waals surface area contributed by atoms with Crippen molar-refractivity contribution in [3.8, 4) is 11.1 Å². The van der Waals surface area contributed by atoms with Crippen LogP contribution in [0.5, 0.6) is 0 Å². The molecule has 0 saturated carbocycles. The molecule has 0 amide bonds. The van der Waals surface area contributed by atoms with Crippen molar-refractivity contribution in [2.45, 2.75) is 0 Å². The Hall–Kier alpha value is -3.21. The molecule has 0 bridgehead atoms. The van der Waals surface area contributed by atoms with Gasteiger partial charge in [0.05, 0.1) is 0 Å². The van der Waals surface area contributed by atoms with E-state index in [4.69, 9.17) is 0 Å². The van der Waals surface area contributed by atoms with Crippen molar-refractivity contribution in [2.75, 3.05) is 0 Å². The van der Waals surface area contributed by atoms with Gasteiger partial charge in [-0.25, -0.2) is 0 Å². The molecule has 0 fully saturated rings. The van der Waals surface area contributed by atoms with Crippen molar-refractivity contribution >= 4 is 34.6 Å². The zero-order valence-corrected chi connectivity index (χ0v) is 17.0. The normalized spacial score (nSPS) is 11.1. The average molecular weight is 388 g/mol. The lowest BCUT2D eigenvalue weighted by atomic mass is 9.98. The number of hydrogen-bond donors (Lipinski definition) is 0. The molecule has 1 heteroatoms. The average Bonchev–Trinajstić information content (AvgIpc) is 2.81. The molecule has 138 valence electrons. The van der Waals surface area contributed by atoms with Gasteiger partial charge >= 0.3 is 0 Å². The van der Waals surface area contributed by atoms with E-state index in [1.165, 1.54) is 37.8 Å². The Morgan fingerprint density at radius 2 is 0.931 bits per heavy atom. The number of benzene rings is 5. The van der Waals surface area contributed by atoms with Gasteiger partial charge in [0.1, 0.15) is 0 Å². The van der Waals surface area contributed by atoms with Gasteiger partial charge in [-0.1, -0.05) is 127 Å². The molecule has 0 nitrogen and oxygen atoms in total. The SMILES string of the molecule is c1ccc(-c2c(P(c3ccccc3)c3ccccc3)ccc3ccccc23)cc1. The molecule has 0 aliphatic rings. The van der Waals surface area contributed by atoms with Crippen LogP contribution in [0.25, 0.3) is 21.9 Å². The highest BCUT2D eigenvalue weighted by Crippen LogP contribution is 2.39. The minimum Gasteiger partial charge on any atom is -0.0622 e. The zero-order valence-electron chi connectivity index (χ0n) is 16.1. The lowest BCUT2D eigenvalue weighted by Gasteiger charge is -2.24. The van der Waals surface area contributed by atoms with Crippen LogP contribution < -0.4 is 15.9 Å². The maximum Gasteiger partial charge on any atom is -0.00217 e. The lowest BCUT2D eigenvalue weighted by Crippen LogP contribution is -2.22. The van der Waals surface area contributed by atoms with Gasteiger partial charge in [-0.15, -0.1) is 0 Å². The molecule has 5 aromatic rings. The summed E-state index contributed by atoms with van der Waals surface area (Å²) in [5, 5.41) is 6.76. The quantitative estimate of drug-likeness (QED) is 0.319. The predicted octanol–water partition coefficient (Wildman–Crippen LogP) is 6.27. The van der Waals surface area contributed by atoms with Crippen molar-refractivity contribution in [3.05, 3.63) is 127 Å². The first-order valence-corrected chi connectivity index (χ1v) is 11.2. The van der Waals surface area contributed by atoms with Crippen LogP contribution in [0.2, 0.25) is 0 Å². The Morgan fingerprint density at radius 3 is 1.55 bits per heavy atom. The first-order valence-electron chi connectivity index (χ1n) is 9.89. The summed E-state index contributed by atoms with van der Waals surface area (Å²) in [6.07, 6.45) is 0. The van der Waals surface area contributed by atoms with Gasteiger partial charge in [0.15, 0.2) is 0 Å². The highest BCUT2D eigenvalue weighted by Gasteiger charge is 2.21. The van der Waals surface area contributed by atoms with Crippen LogP contribution in [0.1, 0.15) is 0 Å². The van der Waals surface area contributed by atoms with Gasteiger partial charge in [-0.3, -0.25) is 0 Å². The van der Waals surface area contributed by atoms with Crippen LogP contribution in [0.4, 0.5) is 0 Å². The summed E-state index contributed by atoms with van der Waals surface area (Å²) < 4.78 is 0. The Morgan fingerprint density at radius 1 is 0.414 bits per heavy atom. The molecule has 0 aliphatic heterocycles. The molecule has 5 rings (SSSR count). The second-order valence-electron chi connectivity index (χ2n) is 7.05. The Kier molecular flexibility index (Phi) is 4.95. The summed E-state index contributed by atoms with van der Waals surface area (Å²) in [6, 6.07) is 46.0. The molecule has 29 heavy (non-hydrogen) atoms. The van der Waals surface area contributed by atoms with E-state index < -0.39 is 7.92 Å². The predicted molar refractivity (Wildman–Crippen MR) is 128 cm³/mol. The van der Waals surface area contributed by atoms with Crippen LogP contribution in [0.15, 0.2) is 127 Å². The minimum atomic E-state index is -0.664. The number of hydrogen-bond acceptors (Lipinski definition) is 0. The highest BCUT2D eigenvalue weighted by atomic mass is 31.1. The van der Waals surface area contributed by atoms with E-state index in [9.17, 15) is 0 Å². The summed E-state index contributed by atoms with van der Waals surface area (Å²) >= 11 is 0. The van der Waals surface area contributed by atoms with Crippen molar-refractivity contribution < 1.29 is 0 Å². The van der Waals surface area contributed by atoms with Crippen LogP contribution >= 0.6 is 7.92 Å². The summed E-state index contributed by atoms with van der Waals surface area (Å²) in [6.45, 7) is 0. The molecule has 5 aromatic carbocycles. The second kappa shape index (κ2) is 8.03. The second-order valence-corrected chi connectivity index (χ2v) is 9.24. The third-order valence-corrected chi connectivity index (χ3v) is 7.72. The molecule has 0 atom stereocenters. The van der Waals surface area contributed by atoms with Gasteiger partial charge in [0.25, 0.3) is 0 Å². The van der Waals surface area contributed by atoms with Crippen molar-refractivity contribution in [1.29, 1.82) is 0 Å². The first kappa shape index (κ1) is 17.9. The van der Waals surface area contributed by atoms with Gasteiger partial charge in [0, 0.05) is 0 Å². The first-order chi connectivity index (χ1) is 14.4. The van der Waals surface area contributed by atoms with Crippen molar-refractivity contribution in [2.24, 2.45) is 0 Å². The van der Waals surface area contributed by atoms with E-state index >= 15 is 0 Å². The molecule has 0 spiro atoms. The van der Waals surface area contributed by atoms with Gasteiger partial charge in [-0.05, 0) is 45.7 Å². The minimum absolute atomic E-state index is 0.664. The molecule has 0 radical (unpaired) electrons. The summed E-state index contributed by atoms with van der Waals surface area (Å²) in [4.78, 5) is 0. The van der Waals surface area contributed by atoms with Gasteiger partial charge in [-0.2, -0.15) is 0 Å². The smallest absolute Gasteiger partial charge is 0.00217 e. The van der Waals surface area contributed by atoms with Crippen LogP contribution in [-0.2, 0) is 0 Å². The van der Waals surface area contributed by atoms with E-state index in [2.05, 4.69) is 127 Å². The van der Waals surface area contributed by atoms with E-state index in [0.29, 0.717) is 0 Å². The number of rotatable bonds is 4. The van der Waals surface area contributed by atoms with E-state index in [1.807, 2.05) is 0 Å². The fraction of sp³-hybridized carbons (Fsp3) is 0. The molecule has 0 heterocycles. The van der Waals surface area contributed by atoms with E-state index in [-0.39, 0.29) is 0 Å². The molecule has 0 unspecified atom stereocenters.